The molecule has 0 amide bonds. The maximum Gasteiger partial charge on any atom is 0.199 e. The van der Waals surface area contributed by atoms with E-state index in [1.165, 1.54) is 0 Å². The van der Waals surface area contributed by atoms with E-state index in [0.29, 0.717) is 17.8 Å². The van der Waals surface area contributed by atoms with Gasteiger partial charge in [-0.2, -0.15) is 9.78 Å². The molecule has 0 unspecified atom stereocenters. The first-order valence-corrected chi connectivity index (χ1v) is 6.00. The van der Waals surface area contributed by atoms with Crippen LogP contribution < -0.4 is 4.90 Å². The largest absolute Gasteiger partial charge is 0.354 e. The van der Waals surface area contributed by atoms with Crippen molar-refractivity contribution in [1.29, 1.82) is 5.26 Å². The van der Waals surface area contributed by atoms with Gasteiger partial charge in [-0.15, -0.1) is 5.10 Å². The molecular weight excluding hydrogens is 254 g/mol. The number of fused-ring (bicyclic) bond motifs is 1. The molecular formula is C13H11N7. The van der Waals surface area contributed by atoms with Gasteiger partial charge in [-0.25, -0.2) is 0 Å². The molecule has 20 heavy (non-hydrogen) atoms. The summed E-state index contributed by atoms with van der Waals surface area (Å²) in [4.78, 5) is 6.10. The van der Waals surface area contributed by atoms with Crippen LogP contribution in [0.4, 0.5) is 5.82 Å². The van der Waals surface area contributed by atoms with E-state index in [2.05, 4.69) is 26.6 Å². The fraction of sp³-hybridized carbons (Fsp3) is 0.154. The van der Waals surface area contributed by atoms with Gasteiger partial charge in [0.1, 0.15) is 0 Å². The van der Waals surface area contributed by atoms with Crippen molar-refractivity contribution < 1.29 is 0 Å². The number of aromatic nitrogens is 5. The van der Waals surface area contributed by atoms with E-state index in [-0.39, 0.29) is 0 Å². The molecule has 0 aliphatic rings. The van der Waals surface area contributed by atoms with Crippen molar-refractivity contribution in [3.8, 4) is 6.07 Å². The normalized spacial score (nSPS) is 10.4. The summed E-state index contributed by atoms with van der Waals surface area (Å²) in [6, 6.07) is 9.64. The summed E-state index contributed by atoms with van der Waals surface area (Å²) in [7, 11) is 1.93. The van der Waals surface area contributed by atoms with Crippen molar-refractivity contribution in [2.75, 3.05) is 11.9 Å². The van der Waals surface area contributed by atoms with Crippen molar-refractivity contribution in [3.63, 3.8) is 0 Å². The summed E-state index contributed by atoms with van der Waals surface area (Å²) >= 11 is 0. The zero-order valence-electron chi connectivity index (χ0n) is 10.8. The van der Waals surface area contributed by atoms with Gasteiger partial charge in [0.05, 0.1) is 24.0 Å². The van der Waals surface area contributed by atoms with Crippen LogP contribution in [0.25, 0.3) is 5.65 Å². The molecule has 3 rings (SSSR count). The summed E-state index contributed by atoms with van der Waals surface area (Å²) in [6.07, 6.45) is 3.31. The third-order valence-corrected chi connectivity index (χ3v) is 2.96. The Hall–Kier alpha value is -3.01. The Bertz CT molecular complexity index is 787. The van der Waals surface area contributed by atoms with Gasteiger partial charge >= 0.3 is 0 Å². The quantitative estimate of drug-likeness (QED) is 0.703. The van der Waals surface area contributed by atoms with E-state index in [1.807, 2.05) is 30.1 Å². The highest BCUT2D eigenvalue weighted by atomic mass is 15.5. The van der Waals surface area contributed by atoms with Crippen molar-refractivity contribution in [2.45, 2.75) is 6.54 Å². The SMILES string of the molecule is CN(Cc1cccc(C#N)c1)c1cncc2nnnn12. The molecule has 2 aromatic heterocycles. The minimum absolute atomic E-state index is 0.597. The summed E-state index contributed by atoms with van der Waals surface area (Å²) in [5.74, 6) is 0.787. The van der Waals surface area contributed by atoms with Gasteiger partial charge in [-0.05, 0) is 28.1 Å². The minimum Gasteiger partial charge on any atom is -0.354 e. The Labute approximate surface area is 115 Å². The van der Waals surface area contributed by atoms with Crippen LogP contribution in [0.2, 0.25) is 0 Å². The highest BCUT2D eigenvalue weighted by Crippen LogP contribution is 2.15. The molecule has 0 N–H and O–H groups in total. The van der Waals surface area contributed by atoms with Crippen LogP contribution in [0.5, 0.6) is 0 Å². The first kappa shape index (κ1) is 12.0. The van der Waals surface area contributed by atoms with Gasteiger partial charge in [-0.1, -0.05) is 12.1 Å². The monoisotopic (exact) mass is 265 g/mol. The number of nitriles is 1. The zero-order valence-corrected chi connectivity index (χ0v) is 10.8. The van der Waals surface area contributed by atoms with Gasteiger partial charge < -0.3 is 4.90 Å². The molecule has 0 fully saturated rings. The Balaban J connectivity index is 1.91. The molecule has 0 aliphatic carbocycles. The van der Waals surface area contributed by atoms with Gasteiger partial charge in [0, 0.05) is 13.6 Å². The van der Waals surface area contributed by atoms with Crippen molar-refractivity contribution in [2.24, 2.45) is 0 Å². The van der Waals surface area contributed by atoms with Crippen molar-refractivity contribution in [3.05, 3.63) is 47.8 Å². The first-order chi connectivity index (χ1) is 9.78. The Morgan fingerprint density at radius 3 is 3.10 bits per heavy atom. The van der Waals surface area contributed by atoms with Crippen LogP contribution in [0, 0.1) is 11.3 Å². The number of anilines is 1. The Morgan fingerprint density at radius 1 is 1.35 bits per heavy atom. The molecule has 1 aromatic carbocycles. The topological polar surface area (TPSA) is 83.0 Å². The fourth-order valence-electron chi connectivity index (χ4n) is 2.02. The molecule has 0 aliphatic heterocycles. The number of nitrogens with zero attached hydrogens (tertiary/aromatic N) is 7. The third kappa shape index (κ3) is 2.14. The predicted octanol–water partition coefficient (Wildman–Crippen LogP) is 1.03. The second-order valence-electron chi connectivity index (χ2n) is 4.38. The van der Waals surface area contributed by atoms with Gasteiger partial charge in [0.2, 0.25) is 0 Å². The maximum absolute atomic E-state index is 8.92. The maximum atomic E-state index is 8.92. The van der Waals surface area contributed by atoms with Crippen LogP contribution in [-0.4, -0.2) is 32.1 Å². The lowest BCUT2D eigenvalue weighted by Gasteiger charge is -2.19. The van der Waals surface area contributed by atoms with E-state index in [9.17, 15) is 0 Å². The number of benzene rings is 1. The van der Waals surface area contributed by atoms with E-state index >= 15 is 0 Å². The molecule has 0 saturated carbocycles. The molecule has 0 saturated heterocycles. The van der Waals surface area contributed by atoms with Crippen molar-refractivity contribution in [1.82, 2.24) is 25.0 Å². The van der Waals surface area contributed by atoms with E-state index < -0.39 is 0 Å². The summed E-state index contributed by atoms with van der Waals surface area (Å²) in [5, 5.41) is 20.4. The predicted molar refractivity (Wildman–Crippen MR) is 71.8 cm³/mol. The molecule has 0 spiro atoms. The number of tetrazole rings is 1. The second kappa shape index (κ2) is 4.93. The van der Waals surface area contributed by atoms with Crippen LogP contribution in [-0.2, 0) is 6.54 Å². The molecule has 0 radical (unpaired) electrons. The second-order valence-corrected chi connectivity index (χ2v) is 4.38. The average molecular weight is 265 g/mol. The van der Waals surface area contributed by atoms with Crippen molar-refractivity contribution >= 4 is 11.5 Å². The van der Waals surface area contributed by atoms with Gasteiger partial charge in [0.25, 0.3) is 0 Å². The highest BCUT2D eigenvalue weighted by molar-refractivity contribution is 5.46. The van der Waals surface area contributed by atoms with E-state index in [0.717, 1.165) is 11.4 Å². The lowest BCUT2D eigenvalue weighted by Crippen LogP contribution is -2.20. The highest BCUT2D eigenvalue weighted by Gasteiger charge is 2.09. The number of rotatable bonds is 3. The standard InChI is InChI=1S/C13H11N7/c1-19(9-11-4-2-3-10(5-11)6-14)13-8-15-7-12-16-17-18-20(12)13/h2-5,7-8H,9H2,1H3. The van der Waals surface area contributed by atoms with Gasteiger partial charge in [-0.3, -0.25) is 4.98 Å². The van der Waals surface area contributed by atoms with E-state index in [4.69, 9.17) is 5.26 Å². The molecule has 7 heteroatoms. The number of hydrogen-bond donors (Lipinski definition) is 0. The smallest absolute Gasteiger partial charge is 0.199 e. The summed E-state index contributed by atoms with van der Waals surface area (Å²) < 4.78 is 1.63. The Kier molecular flexibility index (Phi) is 2.97. The number of hydrogen-bond acceptors (Lipinski definition) is 6. The molecule has 0 atom stereocenters. The van der Waals surface area contributed by atoms with Crippen LogP contribution in [0.15, 0.2) is 36.7 Å². The zero-order chi connectivity index (χ0) is 13.9. The molecule has 0 bridgehead atoms. The molecule has 2 heterocycles. The molecule has 3 aromatic rings. The minimum atomic E-state index is 0.597. The third-order valence-electron chi connectivity index (χ3n) is 2.96. The Morgan fingerprint density at radius 2 is 2.25 bits per heavy atom. The van der Waals surface area contributed by atoms with Gasteiger partial charge in [0.15, 0.2) is 11.5 Å². The lowest BCUT2D eigenvalue weighted by molar-refractivity contribution is 0.782. The fourth-order valence-corrected chi connectivity index (χ4v) is 2.02. The lowest BCUT2D eigenvalue weighted by atomic mass is 10.1. The van der Waals surface area contributed by atoms with E-state index in [1.54, 1.807) is 23.0 Å². The average Bonchev–Trinajstić information content (AvgIpc) is 2.95. The molecule has 98 valence electrons. The van der Waals surface area contributed by atoms with Crippen LogP contribution in [0.3, 0.4) is 0 Å². The molecule has 7 nitrogen and oxygen atoms in total. The first-order valence-electron chi connectivity index (χ1n) is 6.00. The summed E-state index contributed by atoms with van der Waals surface area (Å²) in [5.41, 5.74) is 2.28. The summed E-state index contributed by atoms with van der Waals surface area (Å²) in [6.45, 7) is 0.635. The van der Waals surface area contributed by atoms with Crippen LogP contribution in [0.1, 0.15) is 11.1 Å². The van der Waals surface area contributed by atoms with Crippen LogP contribution >= 0.6 is 0 Å².